The Hall–Kier alpha value is 10.5. The quantitative estimate of drug-likeness (QED) is 0.0375. The normalized spacial score (nSPS) is 22.2. The Balaban J connectivity index is -0.000000563. The third kappa shape index (κ3) is 40.8. The van der Waals surface area contributed by atoms with E-state index in [2.05, 4.69) is 29.3 Å². The van der Waals surface area contributed by atoms with Gasteiger partial charge in [-0.2, -0.15) is 0 Å². The average Bonchev–Trinajstić information content (AvgIpc) is 2.90. The van der Waals surface area contributed by atoms with E-state index in [0.29, 0.717) is 14.2 Å². The van der Waals surface area contributed by atoms with Crippen LogP contribution >= 0.6 is 0 Å². The van der Waals surface area contributed by atoms with E-state index in [-0.39, 0.29) is 365 Å². The Morgan fingerprint density at radius 2 is 0.917 bits per heavy atom. The van der Waals surface area contributed by atoms with Crippen LogP contribution in [0.5, 0.6) is 0 Å². The SMILES string of the molecule is CO[C@@H]([C@H](OC)[C@@H](COS(=O)(=O)[O-])OS(=O)(=O)[O-])[C@@H](CO[C@@H]1O[C@H](COS(=O)(=O)[O-])[C@@H](OS(=O)[O-])[C@H](OS(=O)(=O)[O-])[C@H]1OS(=O)(=O)[O-])OS(=O)(=O)[O-].[K+].[K+].[K+].[K+].[K+].[K+].[K+].[OH-]. The first-order chi connectivity index (χ1) is 23.2. The summed E-state index contributed by atoms with van der Waals surface area (Å²) in [7, 11) is -34.7. The van der Waals surface area contributed by atoms with Gasteiger partial charge in [-0.15, -0.1) is 0 Å². The van der Waals surface area contributed by atoms with Crippen molar-refractivity contribution in [3.05, 3.63) is 0 Å². The van der Waals surface area contributed by atoms with Crippen LogP contribution in [-0.4, -0.2) is 181 Å². The van der Waals surface area contributed by atoms with Crippen molar-refractivity contribution in [3.63, 3.8) is 0 Å². The third-order valence-corrected chi connectivity index (χ3v) is 8.61. The topological polar surface area (TPSA) is 515 Å². The van der Waals surface area contributed by atoms with Gasteiger partial charge in [0.1, 0.15) is 42.7 Å². The predicted octanol–water partition coefficient (Wildman–Crippen LogP) is -28.9. The minimum atomic E-state index is -6.19. The van der Waals surface area contributed by atoms with Crippen LogP contribution in [0.15, 0.2) is 0 Å². The zero-order chi connectivity index (χ0) is 40.7. The molecule has 0 aromatic heterocycles. The molecule has 0 aromatic rings. The van der Waals surface area contributed by atoms with Crippen molar-refractivity contribution in [1.29, 1.82) is 0 Å². The molecule has 320 valence electrons. The van der Waals surface area contributed by atoms with Crippen molar-refractivity contribution >= 4 is 73.8 Å². The van der Waals surface area contributed by atoms with E-state index < -0.39 is 149 Å². The zero-order valence-electron chi connectivity index (χ0n) is 32.3. The summed E-state index contributed by atoms with van der Waals surface area (Å²) in [6.45, 7) is -5.21. The van der Waals surface area contributed by atoms with Gasteiger partial charge in [-0.3, -0.25) is 29.3 Å². The summed E-state index contributed by atoms with van der Waals surface area (Å²) in [5.41, 5.74) is 0. The molecule has 60 heavy (non-hydrogen) atoms. The molecule has 32 nitrogen and oxygen atoms in total. The van der Waals surface area contributed by atoms with E-state index in [1.807, 2.05) is 0 Å². The predicted molar refractivity (Wildman–Crippen MR) is 142 cm³/mol. The fourth-order valence-corrected chi connectivity index (χ4v) is 6.90. The van der Waals surface area contributed by atoms with Gasteiger partial charge in [0.15, 0.2) is 12.4 Å². The van der Waals surface area contributed by atoms with Gasteiger partial charge in [-0.1, -0.05) is 0 Å². The number of rotatable bonds is 24. The molecule has 1 rings (SSSR count). The molecule has 0 spiro atoms. The fraction of sp³-hybridized carbons (Fsp3) is 1.00. The van der Waals surface area contributed by atoms with Crippen LogP contribution in [0.4, 0.5) is 0 Å². The van der Waals surface area contributed by atoms with Crippen molar-refractivity contribution in [1.82, 2.24) is 0 Å². The molecule has 1 aliphatic rings. The van der Waals surface area contributed by atoms with Crippen molar-refractivity contribution in [3.8, 4) is 0 Å². The maximum Gasteiger partial charge on any atom is 1.00 e. The van der Waals surface area contributed by atoms with Gasteiger partial charge in [0.05, 0.1) is 31.2 Å². The maximum atomic E-state index is 11.6. The second-order valence-electron chi connectivity index (χ2n) is 8.95. The summed E-state index contributed by atoms with van der Waals surface area (Å²) < 4.78 is 274. The van der Waals surface area contributed by atoms with Crippen LogP contribution < -0.4 is 360 Å². The molecule has 0 amide bonds. The number of methoxy groups -OCH3 is 2. The largest absolute Gasteiger partial charge is 1.00 e. The standard InChI is InChI=1S/C14H28O31S7.7K.H2O/c1-35-9(10(36-2)8(43-50(26,27)28)5-39-48(20,21)22)7(42-49(23,24)25)3-37-14-13(45-52(32,33)34)12(44-51(29,30)31)11(41-46(15)16)6(40-14)4-38-47(17,18)19;;;;;;;;/h6-14H,3-5H2,1-2H3,(H,15,16)(H,17,18,19)(H,20,21,22)(H,23,24,25)(H,26,27,28)(H,29,30,31)(H,32,33,34);;;;;;;;1H2/q;7*+1;/p-8/t6-,7-,8-,9-,10-,11-,12+,13-,14-;;;;;;;;/m1......../s1. The minimum absolute atomic E-state index is 0. The first-order valence-electron chi connectivity index (χ1n) is 12.1. The van der Waals surface area contributed by atoms with Crippen molar-refractivity contribution in [2.75, 3.05) is 34.0 Å². The van der Waals surface area contributed by atoms with Crippen LogP contribution in [0.1, 0.15) is 0 Å². The Kier molecular flexibility index (Phi) is 57.9. The molecule has 0 bridgehead atoms. The molecule has 46 heteroatoms. The summed E-state index contributed by atoms with van der Waals surface area (Å²) in [6, 6.07) is 0. The Morgan fingerprint density at radius 3 is 1.23 bits per heavy atom. The van der Waals surface area contributed by atoms with Crippen LogP contribution in [0, 0.1) is 0 Å². The Bertz CT molecular complexity index is 1890. The first kappa shape index (κ1) is 87.2. The van der Waals surface area contributed by atoms with E-state index in [0.717, 1.165) is 0 Å². The summed E-state index contributed by atoms with van der Waals surface area (Å²) >= 11 is -3.87. The molecule has 1 heterocycles. The maximum absolute atomic E-state index is 11.6. The van der Waals surface area contributed by atoms with Crippen molar-refractivity contribution in [2.45, 2.75) is 55.1 Å². The zero-order valence-corrected chi connectivity index (χ0v) is 59.9. The van der Waals surface area contributed by atoms with Crippen LogP contribution in [-0.2, 0) is 122 Å². The molecule has 10 atom stereocenters. The smallest absolute Gasteiger partial charge is 0.870 e. The van der Waals surface area contributed by atoms with Crippen LogP contribution in [0.3, 0.4) is 0 Å². The van der Waals surface area contributed by atoms with Crippen molar-refractivity contribution < 1.29 is 500 Å². The fourth-order valence-electron chi connectivity index (χ4n) is 3.98. The second kappa shape index (κ2) is 39.9. The minimum Gasteiger partial charge on any atom is -0.870 e. The van der Waals surface area contributed by atoms with Crippen LogP contribution in [0.2, 0.25) is 0 Å². The van der Waals surface area contributed by atoms with E-state index in [4.69, 9.17) is 18.9 Å². The molecule has 1 aliphatic heterocycles. The van der Waals surface area contributed by atoms with Gasteiger partial charge in [-0.05, 0) is 0 Å². The molecule has 0 aromatic carbocycles. The number of hydrogen-bond acceptors (Lipinski definition) is 32. The summed E-state index contributed by atoms with van der Waals surface area (Å²) in [5.74, 6) is 0. The average molecular weight is 1200 g/mol. The van der Waals surface area contributed by atoms with E-state index in [1.54, 1.807) is 0 Å². The van der Waals surface area contributed by atoms with Crippen LogP contribution in [0.25, 0.3) is 0 Å². The summed E-state index contributed by atoms with van der Waals surface area (Å²) in [4.78, 5) is 0. The number of ether oxygens (including phenoxy) is 4. The van der Waals surface area contributed by atoms with E-state index in [9.17, 15) is 86.6 Å². The molecule has 0 aliphatic carbocycles. The van der Waals surface area contributed by atoms with Crippen molar-refractivity contribution in [2.24, 2.45) is 0 Å². The van der Waals surface area contributed by atoms with Gasteiger partial charge in [-0.25, -0.2) is 54.7 Å². The van der Waals surface area contributed by atoms with E-state index >= 15 is 0 Å². The molecule has 1 N–H and O–H groups in total. The molecular weight excluding hydrogens is 1180 g/mol. The molecule has 0 saturated carbocycles. The molecular formula is C14H22K7O32S7-. The molecule has 1 fully saturated rings. The Labute approximate surface area is 644 Å². The summed E-state index contributed by atoms with van der Waals surface area (Å²) in [6.07, 6.45) is -24.6. The van der Waals surface area contributed by atoms with Gasteiger partial charge in [0.2, 0.25) is 62.4 Å². The molecule has 1 saturated heterocycles. The second-order valence-corrected chi connectivity index (χ2v) is 15.7. The first-order valence-corrected chi connectivity index (χ1v) is 21.1. The van der Waals surface area contributed by atoms with Gasteiger partial charge >= 0.3 is 360 Å². The monoisotopic (exact) mass is 1200 g/mol. The van der Waals surface area contributed by atoms with Gasteiger partial charge < -0.3 is 56.3 Å². The molecule has 1 unspecified atom stereocenters. The number of hydrogen-bond donors (Lipinski definition) is 0. The molecule has 0 radical (unpaired) electrons. The van der Waals surface area contributed by atoms with Gasteiger partial charge in [0.25, 0.3) is 0 Å². The van der Waals surface area contributed by atoms with E-state index in [1.165, 1.54) is 0 Å². The Morgan fingerprint density at radius 1 is 0.550 bits per heavy atom. The third-order valence-electron chi connectivity index (χ3n) is 5.50. The van der Waals surface area contributed by atoms with Gasteiger partial charge in [0, 0.05) is 14.2 Å². The summed E-state index contributed by atoms with van der Waals surface area (Å²) in [5, 5.41) is 0.